The van der Waals surface area contributed by atoms with Crippen molar-refractivity contribution in [3.63, 3.8) is 0 Å². The van der Waals surface area contributed by atoms with E-state index in [0.29, 0.717) is 19.4 Å². The molecule has 5 rings (SSSR count). The number of benzene rings is 2. The predicted octanol–water partition coefficient (Wildman–Crippen LogP) is 3.52. The molecule has 0 saturated carbocycles. The average molecular weight is 567 g/mol. The third-order valence-electron chi connectivity index (χ3n) is 7.87. The topological polar surface area (TPSA) is 102 Å². The second-order valence-electron chi connectivity index (χ2n) is 10.2. The van der Waals surface area contributed by atoms with Crippen molar-refractivity contribution in [2.75, 3.05) is 25.7 Å². The molecule has 1 unspecified atom stereocenters. The normalized spacial score (nSPS) is 20.0. The Labute approximate surface area is 236 Å². The lowest BCUT2D eigenvalue weighted by atomic mass is 9.88. The van der Waals surface area contributed by atoms with Crippen LogP contribution in [0.2, 0.25) is 0 Å². The number of fused-ring (bicyclic) bond motifs is 1. The summed E-state index contributed by atoms with van der Waals surface area (Å²) in [6.07, 6.45) is 3.58. The molecule has 3 aromatic rings. The van der Waals surface area contributed by atoms with Crippen molar-refractivity contribution in [3.8, 4) is 11.5 Å². The highest BCUT2D eigenvalue weighted by Crippen LogP contribution is 2.36. The van der Waals surface area contributed by atoms with Crippen LogP contribution in [0.1, 0.15) is 36.0 Å². The van der Waals surface area contributed by atoms with Gasteiger partial charge in [0.1, 0.15) is 34.9 Å². The maximum atomic E-state index is 15.2. The summed E-state index contributed by atoms with van der Waals surface area (Å²) >= 11 is 0. The first kappa shape index (κ1) is 28.1. The first-order valence-corrected chi connectivity index (χ1v) is 13.5. The number of nitrogens with zero attached hydrogens (tertiary/aromatic N) is 2. The zero-order chi connectivity index (χ0) is 29.3. The molecular formula is C30H32F2N4O5. The van der Waals surface area contributed by atoms with Crippen LogP contribution >= 0.6 is 0 Å². The number of amides is 3. The van der Waals surface area contributed by atoms with Crippen LogP contribution in [0.3, 0.4) is 0 Å². The molecule has 216 valence electrons. The number of anilines is 1. The highest BCUT2D eigenvalue weighted by Gasteiger charge is 2.46. The summed E-state index contributed by atoms with van der Waals surface area (Å²) in [7, 11) is 2.90. The number of ether oxygens (including phenoxy) is 2. The van der Waals surface area contributed by atoms with Gasteiger partial charge in [-0.3, -0.25) is 9.59 Å². The number of urea groups is 1. The lowest BCUT2D eigenvalue weighted by Gasteiger charge is -2.27. The van der Waals surface area contributed by atoms with Crippen LogP contribution in [-0.4, -0.2) is 49.4 Å². The standard InChI is InChI=1S/C30H32F2N4O5/c1-4-35-11-5-6-25(28(35)37)36-16-22(26-23(31)14-21(41-3)15-24(26)32)27(29(36)38)34-30(39)33-19-9-7-18-13-20(40-2)10-8-17(18)12-19/h5-6,8,10-11,13-15,19,22,27H,4,7,9,12,16H2,1-3H3,(H2,33,34,39)/t19?,22-,27-/m0/s1. The number of aromatic nitrogens is 1. The van der Waals surface area contributed by atoms with Gasteiger partial charge in [-0.2, -0.15) is 0 Å². The lowest BCUT2D eigenvalue weighted by molar-refractivity contribution is -0.118. The van der Waals surface area contributed by atoms with E-state index in [0.717, 1.165) is 35.4 Å². The van der Waals surface area contributed by atoms with Crippen LogP contribution in [0.25, 0.3) is 0 Å². The number of pyridine rings is 1. The van der Waals surface area contributed by atoms with E-state index in [9.17, 15) is 14.4 Å². The van der Waals surface area contributed by atoms with Crippen molar-refractivity contribution in [1.82, 2.24) is 15.2 Å². The molecule has 1 saturated heterocycles. The summed E-state index contributed by atoms with van der Waals surface area (Å²) in [5.74, 6) is -2.80. The van der Waals surface area contributed by atoms with E-state index >= 15 is 8.78 Å². The third kappa shape index (κ3) is 5.48. The fourth-order valence-electron chi connectivity index (χ4n) is 5.73. The van der Waals surface area contributed by atoms with Gasteiger partial charge in [-0.15, -0.1) is 0 Å². The zero-order valence-corrected chi connectivity index (χ0v) is 23.1. The molecule has 1 aliphatic heterocycles. The molecule has 0 radical (unpaired) electrons. The second kappa shape index (κ2) is 11.6. The Bertz CT molecular complexity index is 1520. The molecule has 11 heteroatoms. The van der Waals surface area contributed by atoms with Crippen LogP contribution in [0.5, 0.6) is 11.5 Å². The molecule has 2 heterocycles. The quantitative estimate of drug-likeness (QED) is 0.456. The SMILES string of the molecule is CCn1cccc(N2C[C@@H](c3c(F)cc(OC)cc3F)[C@H](NC(=O)NC3CCc4cc(OC)ccc4C3)C2=O)c1=O. The van der Waals surface area contributed by atoms with Gasteiger partial charge in [0.2, 0.25) is 0 Å². The van der Waals surface area contributed by atoms with E-state index < -0.39 is 41.1 Å². The predicted molar refractivity (Wildman–Crippen MR) is 149 cm³/mol. The number of hydrogen-bond donors (Lipinski definition) is 2. The highest BCUT2D eigenvalue weighted by molar-refractivity contribution is 6.02. The van der Waals surface area contributed by atoms with Crippen molar-refractivity contribution in [1.29, 1.82) is 0 Å². The van der Waals surface area contributed by atoms with Gasteiger partial charge in [0.25, 0.3) is 11.5 Å². The second-order valence-corrected chi connectivity index (χ2v) is 10.2. The summed E-state index contributed by atoms with van der Waals surface area (Å²) in [4.78, 5) is 41.1. The van der Waals surface area contributed by atoms with E-state index in [2.05, 4.69) is 10.6 Å². The number of rotatable bonds is 7. The molecule has 3 amide bonds. The maximum absolute atomic E-state index is 15.2. The van der Waals surface area contributed by atoms with Crippen LogP contribution in [-0.2, 0) is 24.2 Å². The highest BCUT2D eigenvalue weighted by atomic mass is 19.1. The summed E-state index contributed by atoms with van der Waals surface area (Å²) < 4.78 is 42.2. The van der Waals surface area contributed by atoms with Gasteiger partial charge in [-0.1, -0.05) is 6.07 Å². The summed E-state index contributed by atoms with van der Waals surface area (Å²) in [6, 6.07) is 8.83. The smallest absolute Gasteiger partial charge is 0.315 e. The molecule has 0 spiro atoms. The molecule has 1 aliphatic carbocycles. The minimum atomic E-state index is -1.32. The molecule has 41 heavy (non-hydrogen) atoms. The van der Waals surface area contributed by atoms with E-state index in [1.807, 2.05) is 18.2 Å². The Kier molecular flexibility index (Phi) is 7.96. The largest absolute Gasteiger partial charge is 0.497 e. The van der Waals surface area contributed by atoms with Gasteiger partial charge in [0.15, 0.2) is 0 Å². The number of methoxy groups -OCH3 is 2. The molecule has 2 aliphatic rings. The molecule has 3 atom stereocenters. The van der Waals surface area contributed by atoms with Crippen LogP contribution in [0.15, 0.2) is 53.5 Å². The Morgan fingerprint density at radius 2 is 1.73 bits per heavy atom. The van der Waals surface area contributed by atoms with Gasteiger partial charge >= 0.3 is 6.03 Å². The molecular weight excluding hydrogens is 534 g/mol. The van der Waals surface area contributed by atoms with Gasteiger partial charge in [-0.25, -0.2) is 13.6 Å². The lowest BCUT2D eigenvalue weighted by Crippen LogP contribution is -2.51. The fourth-order valence-corrected chi connectivity index (χ4v) is 5.73. The molecule has 1 aromatic heterocycles. The van der Waals surface area contributed by atoms with Gasteiger partial charge < -0.3 is 29.6 Å². The number of hydrogen-bond acceptors (Lipinski definition) is 5. The molecule has 2 N–H and O–H groups in total. The van der Waals surface area contributed by atoms with E-state index in [1.54, 1.807) is 26.3 Å². The van der Waals surface area contributed by atoms with Crippen molar-refractivity contribution < 1.29 is 27.8 Å². The minimum Gasteiger partial charge on any atom is -0.497 e. The number of nitrogens with one attached hydrogen (secondary N) is 2. The first-order chi connectivity index (χ1) is 19.7. The molecule has 2 aromatic carbocycles. The number of carbonyl (C=O) groups is 2. The number of carbonyl (C=O) groups excluding carboxylic acids is 2. The zero-order valence-electron chi connectivity index (χ0n) is 23.1. The number of halogens is 2. The summed E-state index contributed by atoms with van der Waals surface area (Å²) in [5, 5.41) is 5.58. The van der Waals surface area contributed by atoms with Crippen LogP contribution in [0, 0.1) is 11.6 Å². The van der Waals surface area contributed by atoms with Gasteiger partial charge in [-0.05, 0) is 61.6 Å². The van der Waals surface area contributed by atoms with E-state index in [1.165, 1.54) is 22.6 Å². The Morgan fingerprint density at radius 3 is 2.41 bits per heavy atom. The number of aryl methyl sites for hydroxylation is 2. The average Bonchev–Trinajstić information content (AvgIpc) is 3.27. The van der Waals surface area contributed by atoms with Gasteiger partial charge in [0, 0.05) is 48.9 Å². The van der Waals surface area contributed by atoms with Crippen molar-refractivity contribution in [3.05, 3.63) is 87.3 Å². The Balaban J connectivity index is 1.41. The van der Waals surface area contributed by atoms with Crippen molar-refractivity contribution in [2.24, 2.45) is 0 Å². The maximum Gasteiger partial charge on any atom is 0.315 e. The van der Waals surface area contributed by atoms with Crippen LogP contribution < -0.4 is 30.6 Å². The molecule has 0 bridgehead atoms. The monoisotopic (exact) mass is 566 g/mol. The van der Waals surface area contributed by atoms with E-state index in [4.69, 9.17) is 9.47 Å². The van der Waals surface area contributed by atoms with Crippen molar-refractivity contribution in [2.45, 2.75) is 50.7 Å². The molecule has 9 nitrogen and oxygen atoms in total. The van der Waals surface area contributed by atoms with Gasteiger partial charge in [0.05, 0.1) is 14.2 Å². The molecule has 1 fully saturated rings. The summed E-state index contributed by atoms with van der Waals surface area (Å²) in [5.41, 5.74) is 1.53. The van der Waals surface area contributed by atoms with Crippen LogP contribution in [0.4, 0.5) is 19.3 Å². The fraction of sp³-hybridized carbons (Fsp3) is 0.367. The summed E-state index contributed by atoms with van der Waals surface area (Å²) in [6.45, 7) is 1.96. The van der Waals surface area contributed by atoms with Crippen molar-refractivity contribution >= 4 is 17.6 Å². The van der Waals surface area contributed by atoms with E-state index in [-0.39, 0.29) is 29.6 Å². The third-order valence-corrected chi connectivity index (χ3v) is 7.87. The Morgan fingerprint density at radius 1 is 1.00 bits per heavy atom. The first-order valence-electron chi connectivity index (χ1n) is 13.5. The Hall–Kier alpha value is -4.41. The minimum absolute atomic E-state index is 0.0173.